The van der Waals surface area contributed by atoms with Crippen LogP contribution >= 0.6 is 11.6 Å². The normalized spacial score (nSPS) is 11.7. The standard InChI is InChI=1S/C21H11ClF3NO2S/c22-16-10-14(8-9-17(16)24)29(27,28)19-11-26-21-15(2-1-3-18(21)25)20(19)12-4-6-13(23)7-5-12/h1-11H. The Morgan fingerprint density at radius 3 is 2.28 bits per heavy atom. The molecule has 0 atom stereocenters. The monoisotopic (exact) mass is 433 g/mol. The van der Waals surface area contributed by atoms with E-state index in [9.17, 15) is 21.6 Å². The molecule has 0 aliphatic carbocycles. The lowest BCUT2D eigenvalue weighted by molar-refractivity contribution is 0.594. The topological polar surface area (TPSA) is 47.0 Å². The van der Waals surface area contributed by atoms with Crippen molar-refractivity contribution < 1.29 is 21.6 Å². The molecule has 1 heterocycles. The molecule has 0 N–H and O–H groups in total. The van der Waals surface area contributed by atoms with Gasteiger partial charge in [-0.2, -0.15) is 0 Å². The summed E-state index contributed by atoms with van der Waals surface area (Å²) in [6.45, 7) is 0. The number of para-hydroxylation sites is 1. The number of pyridine rings is 1. The summed E-state index contributed by atoms with van der Waals surface area (Å²) in [6.07, 6.45) is 1.04. The Bertz CT molecular complexity index is 1360. The molecular weight excluding hydrogens is 423 g/mol. The van der Waals surface area contributed by atoms with Gasteiger partial charge in [0, 0.05) is 17.1 Å². The molecular formula is C21H11ClF3NO2S. The van der Waals surface area contributed by atoms with Crippen LogP contribution < -0.4 is 0 Å². The van der Waals surface area contributed by atoms with E-state index in [2.05, 4.69) is 4.98 Å². The van der Waals surface area contributed by atoms with E-state index in [4.69, 9.17) is 11.6 Å². The summed E-state index contributed by atoms with van der Waals surface area (Å²) in [5.74, 6) is -1.89. The second-order valence-electron chi connectivity index (χ2n) is 6.22. The van der Waals surface area contributed by atoms with E-state index in [0.29, 0.717) is 5.56 Å². The number of halogens is 4. The fraction of sp³-hybridized carbons (Fsp3) is 0. The molecule has 0 bridgehead atoms. The summed E-state index contributed by atoms with van der Waals surface area (Å²) in [6, 6.07) is 12.3. The highest BCUT2D eigenvalue weighted by Crippen LogP contribution is 2.37. The average molecular weight is 434 g/mol. The molecule has 4 rings (SSSR count). The van der Waals surface area contributed by atoms with Gasteiger partial charge in [-0.1, -0.05) is 35.9 Å². The summed E-state index contributed by atoms with van der Waals surface area (Å²) in [4.78, 5) is 3.50. The zero-order valence-corrected chi connectivity index (χ0v) is 16.1. The van der Waals surface area contributed by atoms with Crippen molar-refractivity contribution in [2.75, 3.05) is 0 Å². The molecule has 29 heavy (non-hydrogen) atoms. The molecule has 0 unspecified atom stereocenters. The first kappa shape index (κ1) is 19.4. The van der Waals surface area contributed by atoms with Crippen molar-refractivity contribution in [2.24, 2.45) is 0 Å². The van der Waals surface area contributed by atoms with E-state index in [0.717, 1.165) is 24.4 Å². The minimum absolute atomic E-state index is 0.0251. The van der Waals surface area contributed by atoms with E-state index >= 15 is 0 Å². The molecule has 0 radical (unpaired) electrons. The second-order valence-corrected chi connectivity index (χ2v) is 8.55. The third-order valence-corrected chi connectivity index (χ3v) is 6.49. The predicted octanol–water partition coefficient (Wildman–Crippen LogP) is 5.81. The van der Waals surface area contributed by atoms with E-state index in [1.54, 1.807) is 0 Å². The zero-order chi connectivity index (χ0) is 20.8. The average Bonchev–Trinajstić information content (AvgIpc) is 2.70. The molecule has 4 aromatic rings. The lowest BCUT2D eigenvalue weighted by Crippen LogP contribution is -2.06. The van der Waals surface area contributed by atoms with Gasteiger partial charge in [-0.25, -0.2) is 21.6 Å². The van der Waals surface area contributed by atoms with Crippen LogP contribution in [0.1, 0.15) is 0 Å². The number of hydrogen-bond acceptors (Lipinski definition) is 3. The molecule has 0 aliphatic rings. The quantitative estimate of drug-likeness (QED) is 0.383. The van der Waals surface area contributed by atoms with Crippen LogP contribution in [0.4, 0.5) is 13.2 Å². The molecule has 8 heteroatoms. The Labute approximate surface area is 169 Å². The van der Waals surface area contributed by atoms with E-state index in [-0.39, 0.29) is 31.3 Å². The van der Waals surface area contributed by atoms with Crippen LogP contribution in [0.2, 0.25) is 5.02 Å². The number of sulfone groups is 1. The van der Waals surface area contributed by atoms with Gasteiger partial charge < -0.3 is 0 Å². The highest BCUT2D eigenvalue weighted by Gasteiger charge is 2.26. The van der Waals surface area contributed by atoms with Gasteiger partial charge in [0.05, 0.1) is 14.8 Å². The Hall–Kier alpha value is -2.90. The first-order valence-electron chi connectivity index (χ1n) is 8.32. The van der Waals surface area contributed by atoms with Crippen molar-refractivity contribution in [1.82, 2.24) is 4.98 Å². The SMILES string of the molecule is O=S(=O)(c1ccc(F)c(Cl)c1)c1cnc2c(F)cccc2c1-c1ccc(F)cc1. The van der Waals surface area contributed by atoms with E-state index in [1.807, 2.05) is 0 Å². The molecule has 0 aliphatic heterocycles. The van der Waals surface area contributed by atoms with Gasteiger partial charge in [0.1, 0.15) is 23.0 Å². The molecule has 3 nitrogen and oxygen atoms in total. The largest absolute Gasteiger partial charge is 0.252 e. The van der Waals surface area contributed by atoms with Crippen LogP contribution in [0, 0.1) is 17.5 Å². The van der Waals surface area contributed by atoms with Crippen molar-refractivity contribution in [3.8, 4) is 11.1 Å². The van der Waals surface area contributed by atoms with Crippen LogP contribution in [0.5, 0.6) is 0 Å². The molecule has 0 fully saturated rings. The Kier molecular flexibility index (Phi) is 4.80. The summed E-state index contributed by atoms with van der Waals surface area (Å²) in [7, 11) is -4.20. The van der Waals surface area contributed by atoms with Gasteiger partial charge in [-0.15, -0.1) is 0 Å². The van der Waals surface area contributed by atoms with Crippen molar-refractivity contribution in [3.05, 3.63) is 89.3 Å². The second kappa shape index (κ2) is 7.17. The number of benzene rings is 3. The van der Waals surface area contributed by atoms with Gasteiger partial charge in [0.25, 0.3) is 0 Å². The lowest BCUT2D eigenvalue weighted by atomic mass is 10.0. The van der Waals surface area contributed by atoms with Crippen molar-refractivity contribution >= 4 is 32.3 Å². The first-order valence-corrected chi connectivity index (χ1v) is 10.2. The molecule has 3 aromatic carbocycles. The molecule has 1 aromatic heterocycles. The molecule has 0 amide bonds. The van der Waals surface area contributed by atoms with Gasteiger partial charge in [-0.05, 0) is 42.0 Å². The smallest absolute Gasteiger partial charge is 0.208 e. The Morgan fingerprint density at radius 2 is 1.59 bits per heavy atom. The van der Waals surface area contributed by atoms with Crippen LogP contribution in [-0.4, -0.2) is 13.4 Å². The van der Waals surface area contributed by atoms with E-state index in [1.165, 1.54) is 42.5 Å². The molecule has 146 valence electrons. The van der Waals surface area contributed by atoms with Crippen LogP contribution in [0.25, 0.3) is 22.0 Å². The molecule has 0 saturated carbocycles. The predicted molar refractivity (Wildman–Crippen MR) is 104 cm³/mol. The lowest BCUT2D eigenvalue weighted by Gasteiger charge is -2.14. The van der Waals surface area contributed by atoms with Gasteiger partial charge in [0.15, 0.2) is 0 Å². The number of hydrogen-bond donors (Lipinski definition) is 0. The minimum Gasteiger partial charge on any atom is -0.252 e. The van der Waals surface area contributed by atoms with Crippen molar-refractivity contribution in [1.29, 1.82) is 0 Å². The Balaban J connectivity index is 2.08. The molecule has 0 saturated heterocycles. The van der Waals surface area contributed by atoms with Crippen molar-refractivity contribution in [2.45, 2.75) is 9.79 Å². The van der Waals surface area contributed by atoms with Crippen molar-refractivity contribution in [3.63, 3.8) is 0 Å². The summed E-state index contributed by atoms with van der Waals surface area (Å²) in [5.41, 5.74) is 0.494. The highest BCUT2D eigenvalue weighted by atomic mass is 35.5. The summed E-state index contributed by atoms with van der Waals surface area (Å²) >= 11 is 5.75. The Morgan fingerprint density at radius 1 is 0.862 bits per heavy atom. The van der Waals surface area contributed by atoms with Crippen LogP contribution in [-0.2, 0) is 9.84 Å². The third kappa shape index (κ3) is 3.36. The maximum absolute atomic E-state index is 14.3. The number of nitrogens with zero attached hydrogens (tertiary/aromatic N) is 1. The first-order chi connectivity index (χ1) is 13.8. The maximum Gasteiger partial charge on any atom is 0.208 e. The summed E-state index contributed by atoms with van der Waals surface area (Å²) in [5, 5.41) is -0.111. The van der Waals surface area contributed by atoms with Crippen LogP contribution in [0.3, 0.4) is 0 Å². The fourth-order valence-electron chi connectivity index (χ4n) is 3.06. The van der Waals surface area contributed by atoms with E-state index < -0.39 is 27.3 Å². The number of aromatic nitrogens is 1. The number of rotatable bonds is 3. The maximum atomic E-state index is 14.3. The fourth-order valence-corrected chi connectivity index (χ4v) is 4.77. The zero-order valence-electron chi connectivity index (χ0n) is 14.5. The van der Waals surface area contributed by atoms with Gasteiger partial charge in [0.2, 0.25) is 9.84 Å². The highest BCUT2D eigenvalue weighted by molar-refractivity contribution is 7.91. The third-order valence-electron chi connectivity index (χ3n) is 4.44. The molecule has 0 spiro atoms. The van der Waals surface area contributed by atoms with Gasteiger partial charge in [-0.3, -0.25) is 4.98 Å². The van der Waals surface area contributed by atoms with Gasteiger partial charge >= 0.3 is 0 Å². The minimum atomic E-state index is -4.20. The summed E-state index contributed by atoms with van der Waals surface area (Å²) < 4.78 is 67.8. The number of fused-ring (bicyclic) bond motifs is 1. The van der Waals surface area contributed by atoms with Crippen LogP contribution in [0.15, 0.2) is 76.7 Å².